The van der Waals surface area contributed by atoms with Gasteiger partial charge in [0.05, 0.1) is 53.9 Å². The van der Waals surface area contributed by atoms with Gasteiger partial charge in [0, 0.05) is 18.2 Å². The van der Waals surface area contributed by atoms with Gasteiger partial charge in [-0.3, -0.25) is 0 Å². The monoisotopic (exact) mass is 894 g/mol. The third kappa shape index (κ3) is 10.8. The number of nitrogens with zero attached hydrogens (tertiary/aromatic N) is 1. The Morgan fingerprint density at radius 2 is 1.09 bits per heavy atom. The molecule has 4 heterocycles. The number of rotatable bonds is 18. The van der Waals surface area contributed by atoms with E-state index in [1.54, 1.807) is 33.4 Å². The lowest BCUT2D eigenvalue weighted by atomic mass is 9.94. The van der Waals surface area contributed by atoms with Crippen LogP contribution in [0.5, 0.6) is 11.5 Å². The molecule has 4 aliphatic heterocycles. The summed E-state index contributed by atoms with van der Waals surface area (Å²) in [7, 11) is 4.85. The van der Waals surface area contributed by atoms with E-state index in [0.717, 1.165) is 11.1 Å². The number of benzene rings is 4. The SMILES string of the molecule is C=CCO[C@@H]1[C@@H](NC(=O)N(C)[C@H]2[C@@H](OCc3ccccc3)O[C@@H]3CO[C@@H](c4ccccc4OC)O[C@H]3[C@@H]2OCC=C)[C@@H](OCc2ccccc2)O[C@@H]2CO[C@@H](c3ccccc3OC)O[C@@H]12. The second-order valence-corrected chi connectivity index (χ2v) is 15.9. The molecule has 4 aromatic rings. The number of carbonyl (C=O) groups excluding carboxylic acids is 1. The molecular weight excluding hydrogens is 837 g/mol. The molecule has 346 valence electrons. The third-order valence-corrected chi connectivity index (χ3v) is 11.8. The van der Waals surface area contributed by atoms with Gasteiger partial charge >= 0.3 is 6.03 Å². The maximum absolute atomic E-state index is 15.1. The molecule has 4 aromatic carbocycles. The molecule has 0 aliphatic carbocycles. The molecule has 4 aliphatic rings. The van der Waals surface area contributed by atoms with Crippen molar-refractivity contribution >= 4 is 6.03 Å². The smallest absolute Gasteiger partial charge is 0.318 e. The van der Waals surface area contributed by atoms with Gasteiger partial charge in [-0.25, -0.2) is 4.79 Å². The van der Waals surface area contributed by atoms with Crippen molar-refractivity contribution in [2.45, 2.75) is 87.1 Å². The highest BCUT2D eigenvalue weighted by Gasteiger charge is 2.56. The number of hydrogen-bond acceptors (Lipinski definition) is 13. The zero-order valence-electron chi connectivity index (χ0n) is 36.9. The fraction of sp³-hybridized carbons (Fsp3) is 0.420. The maximum Gasteiger partial charge on any atom is 0.318 e. The molecule has 15 heteroatoms. The van der Waals surface area contributed by atoms with Crippen LogP contribution in [0.25, 0.3) is 0 Å². The Morgan fingerprint density at radius 1 is 0.631 bits per heavy atom. The van der Waals surface area contributed by atoms with Crippen molar-refractivity contribution in [2.75, 3.05) is 47.7 Å². The van der Waals surface area contributed by atoms with E-state index >= 15 is 4.79 Å². The number of nitrogens with one attached hydrogen (secondary N) is 1. The van der Waals surface area contributed by atoms with Crippen molar-refractivity contribution in [3.05, 3.63) is 157 Å². The lowest BCUT2D eigenvalue weighted by Gasteiger charge is -2.52. The molecular formula is C50H58N2O13. The number of likely N-dealkylation sites (N-methyl/N-ethyl adjacent to an activating group) is 1. The van der Waals surface area contributed by atoms with Gasteiger partial charge in [0.2, 0.25) is 0 Å². The topological polar surface area (TPSA) is 143 Å². The van der Waals surface area contributed by atoms with E-state index in [-0.39, 0.29) is 39.6 Å². The fourth-order valence-corrected chi connectivity index (χ4v) is 8.64. The molecule has 0 unspecified atom stereocenters. The molecule has 0 saturated carbocycles. The van der Waals surface area contributed by atoms with Gasteiger partial charge < -0.3 is 67.1 Å². The highest BCUT2D eigenvalue weighted by molar-refractivity contribution is 5.75. The van der Waals surface area contributed by atoms with Crippen LogP contribution in [0.15, 0.2) is 135 Å². The molecule has 0 aromatic heterocycles. The molecule has 65 heavy (non-hydrogen) atoms. The van der Waals surface area contributed by atoms with Crippen LogP contribution in [0.4, 0.5) is 4.79 Å². The van der Waals surface area contributed by atoms with Gasteiger partial charge in [0.1, 0.15) is 60.2 Å². The molecule has 12 atom stereocenters. The molecule has 4 fully saturated rings. The van der Waals surface area contributed by atoms with E-state index in [1.165, 1.54) is 4.90 Å². The lowest BCUT2D eigenvalue weighted by Crippen LogP contribution is -2.71. The Morgan fingerprint density at radius 3 is 1.62 bits per heavy atom. The first-order chi connectivity index (χ1) is 31.9. The van der Waals surface area contributed by atoms with Crippen molar-refractivity contribution in [3.63, 3.8) is 0 Å². The summed E-state index contributed by atoms with van der Waals surface area (Å²) in [5, 5.41) is 3.23. The van der Waals surface area contributed by atoms with Gasteiger partial charge in [0.15, 0.2) is 25.2 Å². The summed E-state index contributed by atoms with van der Waals surface area (Å²) in [4.78, 5) is 16.6. The zero-order valence-corrected chi connectivity index (χ0v) is 36.9. The van der Waals surface area contributed by atoms with Gasteiger partial charge in [-0.2, -0.15) is 0 Å². The minimum absolute atomic E-state index is 0.143. The highest BCUT2D eigenvalue weighted by atomic mass is 16.8. The quantitative estimate of drug-likeness (QED) is 0.107. The number of hydrogen-bond donors (Lipinski definition) is 1. The number of ether oxygens (including phenoxy) is 12. The Labute approximate surface area is 380 Å². The molecule has 2 amide bonds. The van der Waals surface area contributed by atoms with Gasteiger partial charge in [-0.1, -0.05) is 109 Å². The van der Waals surface area contributed by atoms with Crippen molar-refractivity contribution in [3.8, 4) is 11.5 Å². The van der Waals surface area contributed by atoms with Gasteiger partial charge in [-0.05, 0) is 23.3 Å². The van der Waals surface area contributed by atoms with Crippen LogP contribution in [0.1, 0.15) is 34.8 Å². The molecule has 4 saturated heterocycles. The van der Waals surface area contributed by atoms with Crippen molar-refractivity contribution < 1.29 is 61.6 Å². The van der Waals surface area contributed by atoms with E-state index < -0.39 is 79.9 Å². The van der Waals surface area contributed by atoms with Crippen LogP contribution in [0, 0.1) is 0 Å². The Hall–Kier alpha value is -5.17. The van der Waals surface area contributed by atoms with Crippen molar-refractivity contribution in [1.82, 2.24) is 10.2 Å². The second kappa shape index (κ2) is 22.3. The van der Waals surface area contributed by atoms with Crippen molar-refractivity contribution in [1.29, 1.82) is 0 Å². The van der Waals surface area contributed by atoms with Crippen LogP contribution < -0.4 is 14.8 Å². The van der Waals surface area contributed by atoms with Gasteiger partial charge in [0.25, 0.3) is 0 Å². The number of carbonyl (C=O) groups is 1. The highest BCUT2D eigenvalue weighted by Crippen LogP contribution is 2.41. The molecule has 8 rings (SSSR count). The largest absolute Gasteiger partial charge is 0.496 e. The number of para-hydroxylation sites is 2. The summed E-state index contributed by atoms with van der Waals surface area (Å²) in [5.74, 6) is 1.20. The standard InChI is InChI=1S/C50H58N2O13/c1-6-26-56-44-40(48(58-28-32-18-10-8-11-19-32)62-38-30-60-46(64-42(38)44)34-22-14-16-24-36(34)54-4)51-50(53)52(3)41-45(57-27-7-2)43-39(63-49(41)59-29-33-20-12-9-13-21-33)31-61-47(65-43)35-23-15-17-25-37(35)55-5/h6-25,38-49H,1-2,26-31H2,3-5H3,(H,51,53)/t38-,39-,40-,41-,42-,43-,44-,45-,46-,47-,48+,49+/m1/s1. The first-order valence-corrected chi connectivity index (χ1v) is 21.8. The van der Waals surface area contributed by atoms with Crippen LogP contribution >= 0.6 is 0 Å². The molecule has 0 bridgehead atoms. The Kier molecular flexibility index (Phi) is 15.9. The zero-order chi connectivity index (χ0) is 45.1. The first-order valence-electron chi connectivity index (χ1n) is 21.8. The second-order valence-electron chi connectivity index (χ2n) is 15.9. The summed E-state index contributed by atoms with van der Waals surface area (Å²) in [6.07, 6.45) is -4.64. The van der Waals surface area contributed by atoms with E-state index in [4.69, 9.17) is 56.8 Å². The number of amides is 2. The average molecular weight is 895 g/mol. The molecule has 0 spiro atoms. The summed E-state index contributed by atoms with van der Waals surface area (Å²) >= 11 is 0. The van der Waals surface area contributed by atoms with E-state index in [2.05, 4.69) is 18.5 Å². The minimum Gasteiger partial charge on any atom is -0.496 e. The van der Waals surface area contributed by atoms with E-state index in [1.807, 2.05) is 109 Å². The predicted molar refractivity (Wildman–Crippen MR) is 237 cm³/mol. The summed E-state index contributed by atoms with van der Waals surface area (Å²) in [6, 6.07) is 32.1. The van der Waals surface area contributed by atoms with Crippen LogP contribution in [-0.4, -0.2) is 120 Å². The minimum atomic E-state index is -1.01. The summed E-state index contributed by atoms with van der Waals surface area (Å²) in [5.41, 5.74) is 3.22. The van der Waals surface area contributed by atoms with Crippen molar-refractivity contribution in [2.24, 2.45) is 0 Å². The number of urea groups is 1. The van der Waals surface area contributed by atoms with Gasteiger partial charge in [-0.15, -0.1) is 13.2 Å². The third-order valence-electron chi connectivity index (χ3n) is 11.8. The van der Waals surface area contributed by atoms with E-state index in [9.17, 15) is 0 Å². The average Bonchev–Trinajstić information content (AvgIpc) is 3.36. The molecule has 15 nitrogen and oxygen atoms in total. The van der Waals surface area contributed by atoms with Crippen LogP contribution in [0.2, 0.25) is 0 Å². The number of fused-ring (bicyclic) bond motifs is 2. The number of methoxy groups -OCH3 is 2. The lowest BCUT2D eigenvalue weighted by molar-refractivity contribution is -0.356. The summed E-state index contributed by atoms with van der Waals surface area (Å²) in [6.45, 7) is 8.80. The predicted octanol–water partition coefficient (Wildman–Crippen LogP) is 6.64. The Balaban J connectivity index is 1.11. The molecule has 0 radical (unpaired) electrons. The van der Waals surface area contributed by atoms with Crippen LogP contribution in [0.3, 0.4) is 0 Å². The normalized spacial score (nSPS) is 29.6. The van der Waals surface area contributed by atoms with Crippen LogP contribution in [-0.2, 0) is 60.6 Å². The fourth-order valence-electron chi connectivity index (χ4n) is 8.64. The first kappa shape index (κ1) is 46.4. The maximum atomic E-state index is 15.1. The van der Waals surface area contributed by atoms with E-state index in [0.29, 0.717) is 22.6 Å². The molecule has 1 N–H and O–H groups in total. The Bertz CT molecular complexity index is 2150. The summed E-state index contributed by atoms with van der Waals surface area (Å²) < 4.78 is 76.8.